The number of benzene rings is 1. The maximum absolute atomic E-state index is 14.0. The number of ether oxygens (including phenoxy) is 1. The van der Waals surface area contributed by atoms with Crippen LogP contribution < -0.4 is 4.74 Å². The zero-order valence-electron chi connectivity index (χ0n) is 10.9. The van der Waals surface area contributed by atoms with Crippen LogP contribution in [-0.4, -0.2) is 17.1 Å². The van der Waals surface area contributed by atoms with Crippen LogP contribution in [0, 0.1) is 10.5 Å². The van der Waals surface area contributed by atoms with Gasteiger partial charge in [-0.15, -0.1) is 0 Å². The van der Waals surface area contributed by atoms with Crippen molar-refractivity contribution in [3.63, 3.8) is 0 Å². The number of methoxy groups -OCH3 is 1. The van der Waals surface area contributed by atoms with Crippen LogP contribution in [0.25, 0.3) is 11.3 Å². The van der Waals surface area contributed by atoms with Gasteiger partial charge >= 0.3 is 0 Å². The summed E-state index contributed by atoms with van der Waals surface area (Å²) in [6, 6.07) is 6.41. The van der Waals surface area contributed by atoms with Crippen molar-refractivity contribution >= 4 is 12.2 Å². The van der Waals surface area contributed by atoms with Crippen molar-refractivity contribution in [3.8, 4) is 17.0 Å². The van der Waals surface area contributed by atoms with Crippen molar-refractivity contribution in [3.05, 3.63) is 40.5 Å². The molecule has 19 heavy (non-hydrogen) atoms. The topological polar surface area (TPSA) is 37.9 Å². The average molecular weight is 278 g/mol. The van der Waals surface area contributed by atoms with Crippen LogP contribution in [0.1, 0.15) is 19.2 Å². The normalized spacial score (nSPS) is 10.5. The molecule has 2 rings (SSSR count). The number of aryl methyl sites for hydroxylation is 1. The van der Waals surface area contributed by atoms with Gasteiger partial charge in [0.2, 0.25) is 0 Å². The molecule has 100 valence electrons. The van der Waals surface area contributed by atoms with Crippen LogP contribution in [0.15, 0.2) is 24.3 Å². The van der Waals surface area contributed by atoms with Crippen molar-refractivity contribution < 1.29 is 9.13 Å². The predicted octanol–water partition coefficient (Wildman–Crippen LogP) is 3.91. The van der Waals surface area contributed by atoms with Crippen LogP contribution >= 0.6 is 12.2 Å². The number of aromatic amines is 1. The molecule has 0 saturated carbocycles. The fourth-order valence-corrected chi connectivity index (χ4v) is 2.08. The highest BCUT2D eigenvalue weighted by Gasteiger charge is 2.08. The van der Waals surface area contributed by atoms with Gasteiger partial charge in [-0.2, -0.15) is 0 Å². The second-order valence-corrected chi connectivity index (χ2v) is 4.59. The predicted molar refractivity (Wildman–Crippen MR) is 75.4 cm³/mol. The Kier molecular flexibility index (Phi) is 4.27. The van der Waals surface area contributed by atoms with Gasteiger partial charge in [0.1, 0.15) is 22.0 Å². The molecule has 0 aliphatic heterocycles. The lowest BCUT2D eigenvalue weighted by Crippen LogP contribution is -1.98. The van der Waals surface area contributed by atoms with Gasteiger partial charge in [-0.3, -0.25) is 0 Å². The van der Waals surface area contributed by atoms with Gasteiger partial charge < -0.3 is 9.72 Å². The molecule has 1 aromatic carbocycles. The summed E-state index contributed by atoms with van der Waals surface area (Å²) in [6.45, 7) is 2.05. The molecule has 2 aromatic rings. The first-order valence-electron chi connectivity index (χ1n) is 6.08. The SMILES string of the molecule is CCCc1nc(=S)cc(-c2ccc(OC)cc2F)[nH]1. The Morgan fingerprint density at radius 3 is 2.79 bits per heavy atom. The summed E-state index contributed by atoms with van der Waals surface area (Å²) < 4.78 is 19.5. The Morgan fingerprint density at radius 2 is 2.16 bits per heavy atom. The summed E-state index contributed by atoms with van der Waals surface area (Å²) in [5.74, 6) is 0.918. The molecule has 0 unspecified atom stereocenters. The van der Waals surface area contributed by atoms with E-state index in [9.17, 15) is 4.39 Å². The van der Waals surface area contributed by atoms with Crippen molar-refractivity contribution in [2.24, 2.45) is 0 Å². The van der Waals surface area contributed by atoms with E-state index in [4.69, 9.17) is 17.0 Å². The zero-order chi connectivity index (χ0) is 13.8. The summed E-state index contributed by atoms with van der Waals surface area (Å²) in [6.07, 6.45) is 1.74. The Balaban J connectivity index is 2.49. The molecular weight excluding hydrogens is 263 g/mol. The smallest absolute Gasteiger partial charge is 0.136 e. The lowest BCUT2D eigenvalue weighted by molar-refractivity contribution is 0.411. The zero-order valence-corrected chi connectivity index (χ0v) is 11.7. The van der Waals surface area contributed by atoms with Crippen LogP contribution in [0.2, 0.25) is 0 Å². The second-order valence-electron chi connectivity index (χ2n) is 4.18. The molecule has 0 aliphatic rings. The molecule has 0 saturated heterocycles. The Hall–Kier alpha value is -1.75. The lowest BCUT2D eigenvalue weighted by atomic mass is 10.1. The number of hydrogen-bond donors (Lipinski definition) is 1. The van der Waals surface area contributed by atoms with E-state index in [2.05, 4.69) is 16.9 Å². The third kappa shape index (κ3) is 3.17. The van der Waals surface area contributed by atoms with E-state index < -0.39 is 0 Å². The van der Waals surface area contributed by atoms with E-state index in [0.717, 1.165) is 18.7 Å². The monoisotopic (exact) mass is 278 g/mol. The largest absolute Gasteiger partial charge is 0.497 e. The second kappa shape index (κ2) is 5.93. The standard InChI is InChI=1S/C14H15FN2OS/c1-3-4-13-16-12(8-14(19)17-13)10-6-5-9(18-2)7-11(10)15/h5-8H,3-4H2,1-2H3,(H,16,17,19). The molecule has 0 bridgehead atoms. The first-order valence-corrected chi connectivity index (χ1v) is 6.49. The molecule has 1 heterocycles. The van der Waals surface area contributed by atoms with E-state index in [1.165, 1.54) is 13.2 Å². The first-order chi connectivity index (χ1) is 9.13. The Morgan fingerprint density at radius 1 is 1.37 bits per heavy atom. The molecule has 0 spiro atoms. The first kappa shape index (κ1) is 13.7. The fourth-order valence-electron chi connectivity index (χ4n) is 1.85. The summed E-state index contributed by atoms with van der Waals surface area (Å²) in [5, 5.41) is 0. The number of rotatable bonds is 4. The molecule has 5 heteroatoms. The highest BCUT2D eigenvalue weighted by molar-refractivity contribution is 7.71. The number of hydrogen-bond acceptors (Lipinski definition) is 3. The van der Waals surface area contributed by atoms with Crippen LogP contribution in [0.5, 0.6) is 5.75 Å². The van der Waals surface area contributed by atoms with Crippen molar-refractivity contribution in [2.45, 2.75) is 19.8 Å². The van der Waals surface area contributed by atoms with Gasteiger partial charge in [0.25, 0.3) is 0 Å². The van der Waals surface area contributed by atoms with Gasteiger partial charge in [0, 0.05) is 18.1 Å². The van der Waals surface area contributed by atoms with Crippen LogP contribution in [-0.2, 0) is 6.42 Å². The number of halogens is 1. The molecule has 0 amide bonds. The molecule has 0 aliphatic carbocycles. The van der Waals surface area contributed by atoms with Crippen molar-refractivity contribution in [1.29, 1.82) is 0 Å². The molecule has 0 atom stereocenters. The van der Waals surface area contributed by atoms with E-state index in [0.29, 0.717) is 21.6 Å². The number of aromatic nitrogens is 2. The summed E-state index contributed by atoms with van der Waals surface area (Å²) in [7, 11) is 1.51. The number of nitrogens with zero attached hydrogens (tertiary/aromatic N) is 1. The van der Waals surface area contributed by atoms with E-state index in [1.807, 2.05) is 0 Å². The third-order valence-corrected chi connectivity index (χ3v) is 2.95. The maximum atomic E-state index is 14.0. The minimum atomic E-state index is -0.348. The lowest BCUT2D eigenvalue weighted by Gasteiger charge is -2.08. The fraction of sp³-hybridized carbons (Fsp3) is 0.286. The highest BCUT2D eigenvalue weighted by Crippen LogP contribution is 2.24. The third-order valence-electron chi connectivity index (χ3n) is 2.75. The van der Waals surface area contributed by atoms with E-state index >= 15 is 0 Å². The van der Waals surface area contributed by atoms with Crippen LogP contribution in [0.4, 0.5) is 4.39 Å². The summed E-state index contributed by atoms with van der Waals surface area (Å²) in [5.41, 5.74) is 1.11. The minimum Gasteiger partial charge on any atom is -0.497 e. The Bertz CT molecular complexity index is 640. The summed E-state index contributed by atoms with van der Waals surface area (Å²) in [4.78, 5) is 7.35. The molecular formula is C14H15FN2OS. The minimum absolute atomic E-state index is 0.348. The Labute approximate surface area is 116 Å². The molecule has 1 N–H and O–H groups in total. The summed E-state index contributed by atoms with van der Waals surface area (Å²) >= 11 is 5.11. The van der Waals surface area contributed by atoms with Gasteiger partial charge in [-0.25, -0.2) is 9.37 Å². The van der Waals surface area contributed by atoms with Gasteiger partial charge in [-0.05, 0) is 24.6 Å². The molecule has 0 radical (unpaired) electrons. The van der Waals surface area contributed by atoms with Gasteiger partial charge in [-0.1, -0.05) is 19.1 Å². The van der Waals surface area contributed by atoms with E-state index in [-0.39, 0.29) is 5.82 Å². The molecule has 0 fully saturated rings. The van der Waals surface area contributed by atoms with Crippen molar-refractivity contribution in [2.75, 3.05) is 7.11 Å². The number of nitrogens with one attached hydrogen (secondary N) is 1. The quantitative estimate of drug-likeness (QED) is 0.862. The van der Waals surface area contributed by atoms with E-state index in [1.54, 1.807) is 18.2 Å². The maximum Gasteiger partial charge on any atom is 0.136 e. The van der Waals surface area contributed by atoms with Crippen molar-refractivity contribution in [1.82, 2.24) is 9.97 Å². The highest BCUT2D eigenvalue weighted by atomic mass is 32.1. The molecule has 1 aromatic heterocycles. The van der Waals surface area contributed by atoms with Crippen LogP contribution in [0.3, 0.4) is 0 Å². The van der Waals surface area contributed by atoms with Gasteiger partial charge in [0.05, 0.1) is 12.8 Å². The van der Waals surface area contributed by atoms with Gasteiger partial charge in [0.15, 0.2) is 0 Å². The molecule has 3 nitrogen and oxygen atoms in total. The average Bonchev–Trinajstić information content (AvgIpc) is 2.38. The number of H-pyrrole nitrogens is 1.